The number of hydroxylamine groups is 2. The normalized spacial score (nSPS) is 25.2. The smallest absolute Gasteiger partial charge is 0.337 e. The van der Waals surface area contributed by atoms with Crippen LogP contribution < -0.4 is 10.5 Å². The molecule has 1 aliphatic heterocycles. The van der Waals surface area contributed by atoms with Crippen molar-refractivity contribution in [2.45, 2.75) is 50.2 Å². The van der Waals surface area contributed by atoms with Gasteiger partial charge in [0.25, 0.3) is 5.91 Å². The summed E-state index contributed by atoms with van der Waals surface area (Å²) < 4.78 is 15.2. The van der Waals surface area contributed by atoms with Crippen LogP contribution in [0, 0.1) is 0 Å². The van der Waals surface area contributed by atoms with Crippen LogP contribution in [0.15, 0.2) is 18.2 Å². The van der Waals surface area contributed by atoms with Crippen molar-refractivity contribution in [2.75, 3.05) is 34.4 Å². The number of amides is 1. The van der Waals surface area contributed by atoms with Crippen LogP contribution in [0.2, 0.25) is 0 Å². The van der Waals surface area contributed by atoms with Crippen LogP contribution in [0.5, 0.6) is 11.5 Å². The minimum Gasteiger partial charge on any atom is -0.504 e. The predicted molar refractivity (Wildman–Crippen MR) is 116 cm³/mol. The van der Waals surface area contributed by atoms with Crippen molar-refractivity contribution >= 4 is 11.9 Å². The van der Waals surface area contributed by atoms with Crippen molar-refractivity contribution < 1.29 is 49.1 Å². The molecular formula is C21H33N3O10. The number of benzene rings is 1. The first-order valence-electron chi connectivity index (χ1n) is 10.4. The molecule has 34 heavy (non-hydrogen) atoms. The van der Waals surface area contributed by atoms with E-state index in [0.717, 1.165) is 13.2 Å². The maximum Gasteiger partial charge on any atom is 0.337 e. The van der Waals surface area contributed by atoms with Crippen LogP contribution in [0.1, 0.15) is 24.2 Å². The molecule has 1 saturated heterocycles. The van der Waals surface area contributed by atoms with Gasteiger partial charge in [0.15, 0.2) is 17.6 Å². The van der Waals surface area contributed by atoms with Gasteiger partial charge in [0, 0.05) is 19.7 Å². The third-order valence-electron chi connectivity index (χ3n) is 5.08. The first kappa shape index (κ1) is 27.7. The van der Waals surface area contributed by atoms with Gasteiger partial charge in [-0.2, -0.15) is 5.06 Å². The lowest BCUT2D eigenvalue weighted by Gasteiger charge is -2.38. The van der Waals surface area contributed by atoms with Gasteiger partial charge in [-0.15, -0.1) is 0 Å². The summed E-state index contributed by atoms with van der Waals surface area (Å²) in [5.74, 6) is -2.04. The highest BCUT2D eigenvalue weighted by molar-refractivity contribution is 5.94. The second-order valence-corrected chi connectivity index (χ2v) is 8.54. The monoisotopic (exact) mass is 487 g/mol. The van der Waals surface area contributed by atoms with Gasteiger partial charge in [-0.1, -0.05) is 0 Å². The number of aromatic hydroxyl groups is 1. The Bertz CT molecular complexity index is 867. The summed E-state index contributed by atoms with van der Waals surface area (Å²) in [5, 5.41) is 41.9. The van der Waals surface area contributed by atoms with E-state index in [4.69, 9.17) is 20.0 Å². The van der Waals surface area contributed by atoms with Gasteiger partial charge in [-0.3, -0.25) is 9.63 Å². The quantitative estimate of drug-likeness (QED) is 0.153. The predicted octanol–water partition coefficient (Wildman–Crippen LogP) is -1.62. The molecule has 0 spiro atoms. The van der Waals surface area contributed by atoms with Crippen LogP contribution in [-0.2, 0) is 19.1 Å². The van der Waals surface area contributed by atoms with Crippen LogP contribution >= 0.6 is 0 Å². The van der Waals surface area contributed by atoms with E-state index in [2.05, 4.69) is 4.74 Å². The topological polar surface area (TPSA) is 184 Å². The summed E-state index contributed by atoms with van der Waals surface area (Å²) >= 11 is 0. The van der Waals surface area contributed by atoms with E-state index in [9.17, 15) is 30.0 Å². The maximum atomic E-state index is 12.8. The third-order valence-corrected chi connectivity index (χ3v) is 5.08. The summed E-state index contributed by atoms with van der Waals surface area (Å²) in [6.07, 6.45) is -8.49. The number of aliphatic hydroxyl groups excluding tert-OH is 3. The lowest BCUT2D eigenvalue weighted by atomic mass is 9.99. The highest BCUT2D eigenvalue weighted by Crippen LogP contribution is 2.32. The lowest BCUT2D eigenvalue weighted by molar-refractivity contribution is -0.272. The van der Waals surface area contributed by atoms with Gasteiger partial charge in [0.2, 0.25) is 6.29 Å². The summed E-state index contributed by atoms with van der Waals surface area (Å²) in [5.41, 5.74) is 4.92. The Morgan fingerprint density at radius 2 is 1.79 bits per heavy atom. The molecule has 0 bridgehead atoms. The van der Waals surface area contributed by atoms with E-state index in [0.29, 0.717) is 0 Å². The molecule has 1 heterocycles. The Hall–Kier alpha value is -2.52. The molecule has 0 aromatic heterocycles. The summed E-state index contributed by atoms with van der Waals surface area (Å²) in [6, 6.07) is 3.80. The van der Waals surface area contributed by atoms with E-state index in [1.807, 2.05) is 0 Å². The first-order chi connectivity index (χ1) is 15.8. The molecule has 0 radical (unpaired) electrons. The molecule has 1 aromatic carbocycles. The zero-order valence-corrected chi connectivity index (χ0v) is 19.7. The molecule has 1 fully saturated rings. The minimum absolute atomic E-state index is 0.142. The molecular weight excluding hydrogens is 454 g/mol. The van der Waals surface area contributed by atoms with Crippen molar-refractivity contribution in [3.8, 4) is 11.5 Å². The molecule has 2 rings (SSSR count). The van der Waals surface area contributed by atoms with Crippen LogP contribution in [0.3, 0.4) is 0 Å². The van der Waals surface area contributed by atoms with Gasteiger partial charge in [0.1, 0.15) is 23.9 Å². The fourth-order valence-corrected chi connectivity index (χ4v) is 3.48. The van der Waals surface area contributed by atoms with Crippen molar-refractivity contribution in [1.82, 2.24) is 9.96 Å². The average Bonchev–Trinajstić information content (AvgIpc) is 2.78. The number of nitrogens with two attached hydrogens (primary N) is 1. The Kier molecular flexibility index (Phi) is 9.19. The zero-order chi connectivity index (χ0) is 25.8. The average molecular weight is 488 g/mol. The fourth-order valence-electron chi connectivity index (χ4n) is 3.48. The van der Waals surface area contributed by atoms with Gasteiger partial charge >= 0.3 is 5.97 Å². The fraction of sp³-hybridized carbons (Fsp3) is 0.619. The van der Waals surface area contributed by atoms with E-state index in [-0.39, 0.29) is 24.5 Å². The van der Waals surface area contributed by atoms with Gasteiger partial charge < -0.3 is 45.3 Å². The van der Waals surface area contributed by atoms with Gasteiger partial charge in [-0.05, 0) is 32.0 Å². The number of phenolic OH excluding ortho intramolecular Hbond substituents is 1. The summed E-state index contributed by atoms with van der Waals surface area (Å²) in [6.45, 7) is 3.97. The number of hydrogen-bond donors (Lipinski definition) is 5. The Morgan fingerprint density at radius 3 is 2.35 bits per heavy atom. The maximum absolute atomic E-state index is 12.8. The number of esters is 1. The molecule has 192 valence electrons. The van der Waals surface area contributed by atoms with E-state index >= 15 is 0 Å². The molecule has 0 saturated carbocycles. The molecule has 5 atom stereocenters. The van der Waals surface area contributed by atoms with Crippen LogP contribution in [0.4, 0.5) is 0 Å². The van der Waals surface area contributed by atoms with Gasteiger partial charge in [0.05, 0.1) is 20.3 Å². The lowest BCUT2D eigenvalue weighted by Crippen LogP contribution is -2.61. The molecule has 1 aliphatic rings. The number of carbonyl (C=O) groups is 2. The number of ether oxygens (including phenoxy) is 3. The second-order valence-electron chi connectivity index (χ2n) is 8.54. The first-order valence-corrected chi connectivity index (χ1v) is 10.4. The minimum atomic E-state index is -1.77. The molecule has 1 aromatic rings. The van der Waals surface area contributed by atoms with E-state index in [1.54, 1.807) is 27.9 Å². The van der Waals surface area contributed by atoms with Gasteiger partial charge in [-0.25, -0.2) is 4.79 Å². The van der Waals surface area contributed by atoms with Crippen molar-refractivity contribution in [3.63, 3.8) is 0 Å². The standard InChI is InChI=1S/C21H33N3O10/c1-21(2,34-24(4)10-22)9-23(3)18(29)11-6-7-13(12(25)8-11)32-20-16(28)14(26)15(27)17(33-20)19(30)31-5/h6-8,14-17,20,25-28H,9-10,22H2,1-5H3/t14-,15-,16+,17-,20+/m0/s1. The molecule has 0 unspecified atom stereocenters. The van der Waals surface area contributed by atoms with Crippen LogP contribution in [-0.4, -0.2) is 113 Å². The molecule has 1 amide bonds. The molecule has 13 heteroatoms. The Labute approximate surface area is 197 Å². The number of hydrogen-bond acceptors (Lipinski definition) is 12. The number of carbonyl (C=O) groups excluding carboxylic acids is 2. The Morgan fingerprint density at radius 1 is 1.15 bits per heavy atom. The van der Waals surface area contributed by atoms with Crippen molar-refractivity contribution in [2.24, 2.45) is 5.73 Å². The van der Waals surface area contributed by atoms with Crippen molar-refractivity contribution in [3.05, 3.63) is 23.8 Å². The number of nitrogens with zero attached hydrogens (tertiary/aromatic N) is 2. The third kappa shape index (κ3) is 6.54. The molecule has 13 nitrogen and oxygen atoms in total. The Balaban J connectivity index is 2.12. The van der Waals surface area contributed by atoms with E-state index < -0.39 is 53.9 Å². The SMILES string of the molecule is COC(=O)[C@H]1O[C@@H](Oc2ccc(C(=O)N(C)CC(C)(C)ON(C)CN)cc2O)[C@H](O)[C@@H](O)[C@@H]1O. The summed E-state index contributed by atoms with van der Waals surface area (Å²) in [7, 11) is 4.30. The molecule has 6 N–H and O–H groups in total. The van der Waals surface area contributed by atoms with Crippen LogP contribution in [0.25, 0.3) is 0 Å². The van der Waals surface area contributed by atoms with E-state index in [1.165, 1.54) is 22.1 Å². The summed E-state index contributed by atoms with van der Waals surface area (Å²) in [4.78, 5) is 31.7. The number of likely N-dealkylation sites (N-methyl/N-ethyl adjacent to an activating group) is 1. The largest absolute Gasteiger partial charge is 0.504 e. The highest BCUT2D eigenvalue weighted by atomic mass is 16.7. The molecule has 0 aliphatic carbocycles. The second kappa shape index (κ2) is 11.3. The number of rotatable bonds is 9. The van der Waals surface area contributed by atoms with Crippen molar-refractivity contribution in [1.29, 1.82) is 0 Å². The number of phenols is 1. The number of methoxy groups -OCH3 is 1. The highest BCUT2D eigenvalue weighted by Gasteiger charge is 2.48. The zero-order valence-electron chi connectivity index (χ0n) is 19.7. The number of aliphatic hydroxyl groups is 3.